The molecular weight excluding hydrogens is 388 g/mol. The van der Waals surface area contributed by atoms with Crippen LogP contribution in [0.4, 0.5) is 14.5 Å². The molecule has 0 bridgehead atoms. The second kappa shape index (κ2) is 8.10. The molecule has 0 radical (unpaired) electrons. The predicted molar refractivity (Wildman–Crippen MR) is 113 cm³/mol. The topological polar surface area (TPSA) is 65.1 Å². The van der Waals surface area contributed by atoms with Crippen molar-refractivity contribution < 1.29 is 8.78 Å². The molecule has 0 unspecified atom stereocenters. The number of piperazine rings is 1. The maximum Gasteiger partial charge on any atom is 0.270 e. The molecule has 4 rings (SSSR count). The normalized spacial score (nSPS) is 16.2. The van der Waals surface area contributed by atoms with Gasteiger partial charge in [-0.3, -0.25) is 9.69 Å². The number of benzene rings is 1. The number of nitrogens with zero attached hydrogens (tertiary/aromatic N) is 4. The van der Waals surface area contributed by atoms with Gasteiger partial charge in [0.05, 0.1) is 11.2 Å². The summed E-state index contributed by atoms with van der Waals surface area (Å²) in [6.07, 6.45) is 0.492. The van der Waals surface area contributed by atoms with Gasteiger partial charge < -0.3 is 9.88 Å². The van der Waals surface area contributed by atoms with E-state index in [1.54, 1.807) is 31.2 Å². The van der Waals surface area contributed by atoms with Gasteiger partial charge in [0.15, 0.2) is 5.82 Å². The van der Waals surface area contributed by atoms with Crippen LogP contribution in [0.1, 0.15) is 36.8 Å². The van der Waals surface area contributed by atoms with Crippen molar-refractivity contribution in [3.8, 4) is 0 Å². The van der Waals surface area contributed by atoms with E-state index in [1.165, 1.54) is 0 Å². The van der Waals surface area contributed by atoms with Crippen LogP contribution in [0.3, 0.4) is 0 Å². The Morgan fingerprint density at radius 2 is 1.83 bits per heavy atom. The molecule has 0 aliphatic carbocycles. The van der Waals surface area contributed by atoms with E-state index in [4.69, 9.17) is 0 Å². The molecule has 6 nitrogen and oxygen atoms in total. The Kier molecular flexibility index (Phi) is 5.51. The summed E-state index contributed by atoms with van der Waals surface area (Å²) in [5.74, 6) is -0.900. The summed E-state index contributed by atoms with van der Waals surface area (Å²) in [5.41, 5.74) is 2.31. The number of aryl methyl sites for hydroxylation is 2. The number of fused-ring (bicyclic) bond motifs is 1. The number of nitrogens with one attached hydrogen (secondary N) is 1. The average Bonchev–Trinajstić information content (AvgIpc) is 2.74. The van der Waals surface area contributed by atoms with E-state index in [9.17, 15) is 9.18 Å². The Bertz CT molecular complexity index is 1140. The molecule has 8 heteroatoms. The Morgan fingerprint density at radius 3 is 2.50 bits per heavy atom. The third-order valence-electron chi connectivity index (χ3n) is 5.86. The fraction of sp³-hybridized carbons (Fsp3) is 0.409. The van der Waals surface area contributed by atoms with Crippen molar-refractivity contribution in [1.29, 1.82) is 0 Å². The first kappa shape index (κ1) is 20.4. The number of pyridine rings is 1. The van der Waals surface area contributed by atoms with Gasteiger partial charge in [-0.25, -0.2) is 14.4 Å². The van der Waals surface area contributed by atoms with E-state index >= 15 is 4.39 Å². The highest BCUT2D eigenvalue weighted by Crippen LogP contribution is 2.29. The van der Waals surface area contributed by atoms with E-state index in [2.05, 4.69) is 19.9 Å². The fourth-order valence-electron chi connectivity index (χ4n) is 4.04. The van der Waals surface area contributed by atoms with Crippen molar-refractivity contribution in [2.75, 3.05) is 31.1 Å². The van der Waals surface area contributed by atoms with Crippen molar-refractivity contribution in [2.24, 2.45) is 0 Å². The molecule has 1 aliphatic rings. The van der Waals surface area contributed by atoms with Crippen molar-refractivity contribution >= 4 is 16.7 Å². The highest BCUT2D eigenvalue weighted by atomic mass is 19.1. The lowest BCUT2D eigenvalue weighted by Gasteiger charge is -2.39. The predicted octanol–water partition coefficient (Wildman–Crippen LogP) is 3.35. The Balaban J connectivity index is 1.54. The number of aromatic nitrogens is 3. The molecule has 3 aromatic rings. The summed E-state index contributed by atoms with van der Waals surface area (Å²) in [6.45, 7) is 8.12. The summed E-state index contributed by atoms with van der Waals surface area (Å²) >= 11 is 0. The van der Waals surface area contributed by atoms with Gasteiger partial charge in [0.2, 0.25) is 5.95 Å². The SMILES string of the molecule is CCc1nc2ccc([C@@H](C)N3CCN(c4ccc(C)nc4F)CC3)c(F)c2[nH]c1=O. The Labute approximate surface area is 173 Å². The molecule has 0 spiro atoms. The lowest BCUT2D eigenvalue weighted by molar-refractivity contribution is 0.195. The number of aromatic amines is 1. The van der Waals surface area contributed by atoms with Crippen molar-refractivity contribution in [3.63, 3.8) is 0 Å². The molecule has 0 amide bonds. The molecular formula is C22H25F2N5O. The fourth-order valence-corrected chi connectivity index (χ4v) is 4.04. The van der Waals surface area contributed by atoms with Crippen LogP contribution in [-0.2, 0) is 6.42 Å². The summed E-state index contributed by atoms with van der Waals surface area (Å²) in [4.78, 5) is 27.0. The van der Waals surface area contributed by atoms with E-state index in [1.807, 2.05) is 18.7 Å². The van der Waals surface area contributed by atoms with Crippen LogP contribution < -0.4 is 10.5 Å². The average molecular weight is 413 g/mol. The van der Waals surface area contributed by atoms with E-state index < -0.39 is 11.8 Å². The second-order valence-electron chi connectivity index (χ2n) is 7.69. The highest BCUT2D eigenvalue weighted by molar-refractivity contribution is 5.76. The first-order valence-corrected chi connectivity index (χ1v) is 10.2. The molecule has 2 aromatic heterocycles. The minimum absolute atomic E-state index is 0.146. The Morgan fingerprint density at radius 1 is 1.10 bits per heavy atom. The zero-order valence-electron chi connectivity index (χ0n) is 17.4. The second-order valence-corrected chi connectivity index (χ2v) is 7.69. The first-order valence-electron chi connectivity index (χ1n) is 10.2. The quantitative estimate of drug-likeness (QED) is 0.665. The molecule has 1 atom stereocenters. The minimum atomic E-state index is -0.458. The van der Waals surface area contributed by atoms with Crippen LogP contribution in [0.5, 0.6) is 0 Å². The van der Waals surface area contributed by atoms with Gasteiger partial charge in [0, 0.05) is 43.5 Å². The standard InChI is InChI=1S/C22H25F2N5O/c1-4-16-22(30)27-20-17(26-16)7-6-15(19(20)23)14(3)28-9-11-29(12-10-28)18-8-5-13(2)25-21(18)24/h5-8,14H,4,9-12H2,1-3H3,(H,27,30)/t14-/m1/s1. The molecule has 1 fully saturated rings. The summed E-state index contributed by atoms with van der Waals surface area (Å²) in [5, 5.41) is 0. The zero-order chi connectivity index (χ0) is 21.4. The van der Waals surface area contributed by atoms with Crippen molar-refractivity contribution in [1.82, 2.24) is 19.9 Å². The van der Waals surface area contributed by atoms with Crippen LogP contribution in [0, 0.1) is 18.7 Å². The molecule has 30 heavy (non-hydrogen) atoms. The van der Waals surface area contributed by atoms with E-state index in [0.29, 0.717) is 60.8 Å². The zero-order valence-corrected chi connectivity index (χ0v) is 17.4. The van der Waals surface area contributed by atoms with E-state index in [0.717, 1.165) is 0 Å². The number of H-pyrrole nitrogens is 1. The third-order valence-corrected chi connectivity index (χ3v) is 5.86. The Hall–Kier alpha value is -2.87. The number of anilines is 1. The van der Waals surface area contributed by atoms with Crippen LogP contribution >= 0.6 is 0 Å². The van der Waals surface area contributed by atoms with Crippen molar-refractivity contribution in [3.05, 3.63) is 63.3 Å². The summed E-state index contributed by atoms with van der Waals surface area (Å²) < 4.78 is 29.4. The number of rotatable bonds is 4. The molecule has 1 saturated heterocycles. The van der Waals surface area contributed by atoms with Gasteiger partial charge in [-0.05, 0) is 38.5 Å². The van der Waals surface area contributed by atoms with Gasteiger partial charge in [-0.1, -0.05) is 13.0 Å². The van der Waals surface area contributed by atoms with E-state index in [-0.39, 0.29) is 17.1 Å². The van der Waals surface area contributed by atoms with Crippen LogP contribution in [0.15, 0.2) is 29.1 Å². The third kappa shape index (κ3) is 3.67. The molecule has 1 aromatic carbocycles. The lowest BCUT2D eigenvalue weighted by atomic mass is 10.0. The molecule has 3 heterocycles. The van der Waals surface area contributed by atoms with Crippen LogP contribution in [0.2, 0.25) is 0 Å². The molecule has 158 valence electrons. The smallest absolute Gasteiger partial charge is 0.270 e. The minimum Gasteiger partial charge on any atom is -0.365 e. The molecule has 1 aliphatic heterocycles. The summed E-state index contributed by atoms with van der Waals surface area (Å²) in [7, 11) is 0. The molecule has 0 saturated carbocycles. The highest BCUT2D eigenvalue weighted by Gasteiger charge is 2.26. The van der Waals surface area contributed by atoms with Crippen molar-refractivity contribution in [2.45, 2.75) is 33.2 Å². The van der Waals surface area contributed by atoms with Gasteiger partial charge >= 0.3 is 0 Å². The van der Waals surface area contributed by atoms with Gasteiger partial charge in [-0.15, -0.1) is 0 Å². The largest absolute Gasteiger partial charge is 0.365 e. The van der Waals surface area contributed by atoms with Crippen LogP contribution in [0.25, 0.3) is 11.0 Å². The number of halogens is 2. The van der Waals surface area contributed by atoms with Crippen LogP contribution in [-0.4, -0.2) is 46.0 Å². The monoisotopic (exact) mass is 413 g/mol. The molecule has 1 N–H and O–H groups in total. The van der Waals surface area contributed by atoms with Gasteiger partial charge in [-0.2, -0.15) is 4.39 Å². The first-order chi connectivity index (χ1) is 14.4. The lowest BCUT2D eigenvalue weighted by Crippen LogP contribution is -2.47. The van der Waals surface area contributed by atoms with Gasteiger partial charge in [0.1, 0.15) is 11.2 Å². The maximum absolute atomic E-state index is 15.2. The summed E-state index contributed by atoms with van der Waals surface area (Å²) in [6, 6.07) is 6.86. The number of hydrogen-bond donors (Lipinski definition) is 1. The maximum atomic E-state index is 15.2. The van der Waals surface area contributed by atoms with Gasteiger partial charge in [0.25, 0.3) is 5.56 Å². The number of hydrogen-bond acceptors (Lipinski definition) is 5.